The van der Waals surface area contributed by atoms with E-state index in [1.54, 1.807) is 0 Å². The number of aromatic carboxylic acids is 1. The molecule has 3 rings (SSSR count). The molecule has 0 spiro atoms. The summed E-state index contributed by atoms with van der Waals surface area (Å²) in [5.41, 5.74) is 0.267. The maximum atomic E-state index is 12.9. The fourth-order valence-electron chi connectivity index (χ4n) is 3.23. The number of benzene rings is 1. The second kappa shape index (κ2) is 5.98. The molecule has 7 heteroatoms. The lowest BCUT2D eigenvalue weighted by Crippen LogP contribution is -2.32. The van der Waals surface area contributed by atoms with E-state index >= 15 is 0 Å². The molecule has 0 radical (unpaired) electrons. The Hall–Kier alpha value is -2.28. The van der Waals surface area contributed by atoms with Crippen LogP contribution in [0.2, 0.25) is 0 Å². The van der Waals surface area contributed by atoms with Crippen molar-refractivity contribution in [2.24, 2.45) is 0 Å². The van der Waals surface area contributed by atoms with Gasteiger partial charge in [-0.3, -0.25) is 4.90 Å². The molecule has 0 saturated heterocycles. The summed E-state index contributed by atoms with van der Waals surface area (Å²) in [6.07, 6.45) is -4.27. The predicted octanol–water partition coefficient (Wildman–Crippen LogP) is 4.12. The molecule has 1 unspecified atom stereocenters. The molecule has 24 heavy (non-hydrogen) atoms. The molecule has 1 aromatic heterocycles. The van der Waals surface area contributed by atoms with Crippen LogP contribution >= 0.6 is 0 Å². The number of carboxylic acid groups (broad SMARTS) is 1. The van der Waals surface area contributed by atoms with Gasteiger partial charge in [-0.05, 0) is 17.0 Å². The minimum absolute atomic E-state index is 0.0242. The van der Waals surface area contributed by atoms with E-state index in [0.717, 1.165) is 5.56 Å². The quantitative estimate of drug-likeness (QED) is 0.914. The van der Waals surface area contributed by atoms with Crippen LogP contribution in [-0.4, -0.2) is 22.5 Å². The van der Waals surface area contributed by atoms with Gasteiger partial charge in [0.2, 0.25) is 0 Å². The minimum Gasteiger partial charge on any atom is -0.478 e. The number of alkyl halides is 3. The van der Waals surface area contributed by atoms with Gasteiger partial charge in [-0.15, -0.1) is 0 Å². The van der Waals surface area contributed by atoms with Gasteiger partial charge in [0.05, 0.1) is 6.54 Å². The van der Waals surface area contributed by atoms with Gasteiger partial charge in [-0.1, -0.05) is 31.2 Å². The van der Waals surface area contributed by atoms with Gasteiger partial charge in [0.1, 0.15) is 23.2 Å². The molecule has 0 aliphatic carbocycles. The third-order valence-electron chi connectivity index (χ3n) is 4.27. The Balaban J connectivity index is 1.88. The molecule has 1 aliphatic heterocycles. The van der Waals surface area contributed by atoms with Crippen LogP contribution in [0.3, 0.4) is 0 Å². The van der Waals surface area contributed by atoms with Crippen molar-refractivity contribution in [3.63, 3.8) is 0 Å². The number of carbonyl (C=O) groups is 1. The van der Waals surface area contributed by atoms with Gasteiger partial charge >= 0.3 is 12.1 Å². The number of hydrogen-bond donors (Lipinski definition) is 1. The molecule has 1 aromatic carbocycles. The molecular weight excluding hydrogens is 323 g/mol. The van der Waals surface area contributed by atoms with Crippen LogP contribution in [0, 0.1) is 0 Å². The van der Waals surface area contributed by atoms with E-state index in [4.69, 9.17) is 9.52 Å². The first-order valence-corrected chi connectivity index (χ1v) is 7.48. The minimum atomic E-state index is -4.75. The smallest absolute Gasteiger partial charge is 0.420 e. The van der Waals surface area contributed by atoms with Crippen LogP contribution in [-0.2, 0) is 19.3 Å². The molecule has 0 bridgehead atoms. The molecule has 1 aliphatic rings. The van der Waals surface area contributed by atoms with E-state index in [1.165, 1.54) is 5.56 Å². The Bertz CT molecular complexity index is 767. The van der Waals surface area contributed by atoms with Crippen LogP contribution in [0.15, 0.2) is 34.9 Å². The molecule has 4 nitrogen and oxygen atoms in total. The molecular formula is C17H16F3NO3. The van der Waals surface area contributed by atoms with Crippen LogP contribution in [0.25, 0.3) is 0 Å². The maximum absolute atomic E-state index is 12.9. The lowest BCUT2D eigenvalue weighted by molar-refractivity contribution is -0.138. The second-order valence-corrected chi connectivity index (χ2v) is 6.02. The highest BCUT2D eigenvalue weighted by Gasteiger charge is 2.40. The van der Waals surface area contributed by atoms with Crippen molar-refractivity contribution in [3.05, 3.63) is 58.5 Å². The summed E-state index contributed by atoms with van der Waals surface area (Å²) in [4.78, 5) is 13.2. The fraction of sp³-hybridized carbons (Fsp3) is 0.353. The summed E-state index contributed by atoms with van der Waals surface area (Å²) in [7, 11) is 0. The zero-order valence-corrected chi connectivity index (χ0v) is 12.9. The summed E-state index contributed by atoms with van der Waals surface area (Å²) < 4.78 is 43.7. The third-order valence-corrected chi connectivity index (χ3v) is 4.27. The highest BCUT2D eigenvalue weighted by molar-refractivity contribution is 5.90. The van der Waals surface area contributed by atoms with E-state index in [1.807, 2.05) is 36.1 Å². The van der Waals surface area contributed by atoms with Crippen molar-refractivity contribution in [2.75, 3.05) is 6.54 Å². The second-order valence-electron chi connectivity index (χ2n) is 6.02. The Morgan fingerprint density at radius 1 is 1.38 bits per heavy atom. The van der Waals surface area contributed by atoms with Crippen molar-refractivity contribution in [1.82, 2.24) is 4.90 Å². The summed E-state index contributed by atoms with van der Waals surface area (Å²) in [6.45, 7) is 3.22. The van der Waals surface area contributed by atoms with Gasteiger partial charge in [0.25, 0.3) is 0 Å². The number of rotatable bonds is 3. The van der Waals surface area contributed by atoms with Crippen molar-refractivity contribution < 1.29 is 27.5 Å². The monoisotopic (exact) mass is 339 g/mol. The largest absolute Gasteiger partial charge is 0.478 e. The average molecular weight is 339 g/mol. The fourth-order valence-corrected chi connectivity index (χ4v) is 3.23. The Morgan fingerprint density at radius 2 is 2.08 bits per heavy atom. The van der Waals surface area contributed by atoms with E-state index in [9.17, 15) is 18.0 Å². The zero-order valence-electron chi connectivity index (χ0n) is 12.9. The summed E-state index contributed by atoms with van der Waals surface area (Å²) >= 11 is 0. The molecule has 2 heterocycles. The number of furan rings is 1. The van der Waals surface area contributed by atoms with Crippen molar-refractivity contribution in [1.29, 1.82) is 0 Å². The van der Waals surface area contributed by atoms with Crippen molar-refractivity contribution in [3.8, 4) is 0 Å². The third kappa shape index (κ3) is 3.03. The Labute approximate surface area is 136 Å². The average Bonchev–Trinajstić information content (AvgIpc) is 2.91. The van der Waals surface area contributed by atoms with E-state index in [2.05, 4.69) is 0 Å². The molecule has 1 N–H and O–H groups in total. The number of hydrogen-bond acceptors (Lipinski definition) is 3. The number of fused-ring (bicyclic) bond motifs is 1. The van der Waals surface area contributed by atoms with E-state index in [0.29, 0.717) is 19.4 Å². The van der Waals surface area contributed by atoms with Crippen LogP contribution < -0.4 is 0 Å². The SMILES string of the molecule is CC1CN(Cc2occ(C(F)(F)F)c2C(=O)O)Cc2ccccc21. The van der Waals surface area contributed by atoms with Crippen LogP contribution in [0.4, 0.5) is 13.2 Å². The summed E-state index contributed by atoms with van der Waals surface area (Å²) in [5, 5.41) is 9.16. The summed E-state index contributed by atoms with van der Waals surface area (Å²) in [5.74, 6) is -1.58. The highest BCUT2D eigenvalue weighted by atomic mass is 19.4. The lowest BCUT2D eigenvalue weighted by atomic mass is 9.91. The van der Waals surface area contributed by atoms with E-state index < -0.39 is 23.3 Å². The van der Waals surface area contributed by atoms with Gasteiger partial charge in [0, 0.05) is 13.1 Å². The first-order valence-electron chi connectivity index (χ1n) is 7.48. The van der Waals surface area contributed by atoms with E-state index in [-0.39, 0.29) is 18.2 Å². The van der Waals surface area contributed by atoms with Gasteiger partial charge in [0.15, 0.2) is 0 Å². The first-order chi connectivity index (χ1) is 11.3. The predicted molar refractivity (Wildman–Crippen MR) is 79.6 cm³/mol. The standard InChI is InChI=1S/C17H16F3NO3/c1-10-6-21(7-11-4-2-3-5-12(10)11)8-14-15(16(22)23)13(9-24-14)17(18,19)20/h2-5,9-10H,6-8H2,1H3,(H,22,23). The lowest BCUT2D eigenvalue weighted by Gasteiger charge is -2.32. The van der Waals surface area contributed by atoms with Gasteiger partial charge in [-0.2, -0.15) is 13.2 Å². The maximum Gasteiger partial charge on any atom is 0.420 e. The number of carboxylic acids is 1. The molecule has 128 valence electrons. The van der Waals surface area contributed by atoms with Crippen molar-refractivity contribution >= 4 is 5.97 Å². The molecule has 1 atom stereocenters. The highest BCUT2D eigenvalue weighted by Crippen LogP contribution is 2.36. The molecule has 2 aromatic rings. The normalized spacial score (nSPS) is 18.4. The summed E-state index contributed by atoms with van der Waals surface area (Å²) in [6, 6.07) is 7.87. The Kier molecular flexibility index (Phi) is 4.13. The molecule has 0 fully saturated rings. The van der Waals surface area contributed by atoms with Gasteiger partial charge in [-0.25, -0.2) is 4.79 Å². The van der Waals surface area contributed by atoms with Crippen LogP contribution in [0.5, 0.6) is 0 Å². The number of halogens is 3. The van der Waals surface area contributed by atoms with Crippen LogP contribution in [0.1, 0.15) is 45.7 Å². The first kappa shape index (κ1) is 16.6. The molecule has 0 saturated carbocycles. The topological polar surface area (TPSA) is 53.7 Å². The van der Waals surface area contributed by atoms with Gasteiger partial charge < -0.3 is 9.52 Å². The zero-order chi connectivity index (χ0) is 17.5. The van der Waals surface area contributed by atoms with Crippen molar-refractivity contribution in [2.45, 2.75) is 32.1 Å². The Morgan fingerprint density at radius 3 is 2.75 bits per heavy atom. The number of nitrogens with zero attached hydrogens (tertiary/aromatic N) is 1. The molecule has 0 amide bonds.